The molecule has 0 amide bonds. The number of carbonyl (C=O) groups is 1. The predicted octanol–water partition coefficient (Wildman–Crippen LogP) is -2.31. The summed E-state index contributed by atoms with van der Waals surface area (Å²) in [5.74, 6) is -1.02. The van der Waals surface area contributed by atoms with E-state index in [1.807, 2.05) is 4.98 Å². The molecule has 26 heavy (non-hydrogen) atoms. The average Bonchev–Trinajstić information content (AvgIpc) is 2.55. The Labute approximate surface area is 146 Å². The number of hydrogen-bond donors (Lipinski definition) is 5. The molecule has 14 heteroatoms. The SMILES string of the molecule is COC(=O)c1cc(=O)[nH]c(=O)n1C(C)O[C@H](COP(=O)(O)O)[C@H](O)CO. The Kier molecular flexibility index (Phi) is 7.84. The molecule has 0 aromatic carbocycles. The highest BCUT2D eigenvalue weighted by Gasteiger charge is 2.28. The molecule has 0 aliphatic heterocycles. The molecule has 0 saturated heterocycles. The van der Waals surface area contributed by atoms with Crippen LogP contribution in [0.1, 0.15) is 23.6 Å². The number of ether oxygens (including phenoxy) is 2. The summed E-state index contributed by atoms with van der Waals surface area (Å²) in [4.78, 5) is 54.5. The molecule has 0 spiro atoms. The average molecular weight is 398 g/mol. The van der Waals surface area contributed by atoms with Gasteiger partial charge < -0.3 is 29.5 Å². The second kappa shape index (κ2) is 9.19. The molecule has 0 fully saturated rings. The molecule has 0 bridgehead atoms. The Bertz CT molecular complexity index is 782. The fraction of sp³-hybridized carbons (Fsp3) is 0.583. The van der Waals surface area contributed by atoms with Crippen molar-refractivity contribution in [2.24, 2.45) is 0 Å². The normalized spacial score (nSPS) is 15.3. The predicted molar refractivity (Wildman–Crippen MR) is 83.3 cm³/mol. The summed E-state index contributed by atoms with van der Waals surface area (Å²) in [6.07, 6.45) is -4.42. The van der Waals surface area contributed by atoms with Gasteiger partial charge in [-0.05, 0) is 6.92 Å². The van der Waals surface area contributed by atoms with Crippen LogP contribution in [0.5, 0.6) is 0 Å². The zero-order valence-electron chi connectivity index (χ0n) is 13.8. The van der Waals surface area contributed by atoms with E-state index in [1.54, 1.807) is 0 Å². The van der Waals surface area contributed by atoms with Gasteiger partial charge >= 0.3 is 19.5 Å². The lowest BCUT2D eigenvalue weighted by Gasteiger charge is -2.27. The fourth-order valence-corrected chi connectivity index (χ4v) is 2.31. The Morgan fingerprint density at radius 3 is 2.50 bits per heavy atom. The second-order valence-corrected chi connectivity index (χ2v) is 6.24. The van der Waals surface area contributed by atoms with Crippen molar-refractivity contribution in [1.29, 1.82) is 0 Å². The minimum atomic E-state index is -4.89. The zero-order valence-corrected chi connectivity index (χ0v) is 14.7. The van der Waals surface area contributed by atoms with Crippen molar-refractivity contribution in [3.05, 3.63) is 32.6 Å². The number of rotatable bonds is 9. The lowest BCUT2D eigenvalue weighted by Crippen LogP contribution is -2.41. The van der Waals surface area contributed by atoms with E-state index in [0.717, 1.165) is 13.2 Å². The van der Waals surface area contributed by atoms with Crippen LogP contribution in [-0.2, 0) is 18.6 Å². The van der Waals surface area contributed by atoms with Crippen molar-refractivity contribution < 1.29 is 43.4 Å². The summed E-state index contributed by atoms with van der Waals surface area (Å²) in [6, 6.07) is 0.788. The molecule has 0 aliphatic rings. The van der Waals surface area contributed by atoms with Gasteiger partial charge in [0.1, 0.15) is 24.1 Å². The maximum atomic E-state index is 12.0. The number of nitrogens with one attached hydrogen (secondary N) is 1. The van der Waals surface area contributed by atoms with E-state index in [4.69, 9.17) is 19.6 Å². The summed E-state index contributed by atoms with van der Waals surface area (Å²) in [6.45, 7) is -0.422. The Balaban J connectivity index is 3.18. The van der Waals surface area contributed by atoms with Crippen molar-refractivity contribution in [2.75, 3.05) is 20.3 Å². The third-order valence-corrected chi connectivity index (χ3v) is 3.61. The first-order valence-corrected chi connectivity index (χ1v) is 8.61. The Morgan fingerprint density at radius 2 is 2.00 bits per heavy atom. The van der Waals surface area contributed by atoms with Gasteiger partial charge in [-0.2, -0.15) is 0 Å². The molecule has 1 aromatic rings. The van der Waals surface area contributed by atoms with Gasteiger partial charge in [-0.1, -0.05) is 0 Å². The van der Waals surface area contributed by atoms with Gasteiger partial charge in [0.25, 0.3) is 5.56 Å². The van der Waals surface area contributed by atoms with Gasteiger partial charge in [0.05, 0.1) is 20.3 Å². The number of H-pyrrole nitrogens is 1. The zero-order chi connectivity index (χ0) is 20.1. The number of aliphatic hydroxyl groups excluding tert-OH is 2. The molecule has 0 radical (unpaired) electrons. The number of phosphoric ester groups is 1. The summed E-state index contributed by atoms with van der Waals surface area (Å²) in [5, 5.41) is 18.7. The first-order chi connectivity index (χ1) is 12.0. The number of esters is 1. The van der Waals surface area contributed by atoms with Gasteiger partial charge in [-0.25, -0.2) is 14.2 Å². The number of hydrogen-bond acceptors (Lipinski definition) is 9. The highest BCUT2D eigenvalue weighted by Crippen LogP contribution is 2.36. The van der Waals surface area contributed by atoms with Crippen LogP contribution in [0.2, 0.25) is 0 Å². The molecule has 5 N–H and O–H groups in total. The number of phosphoric acid groups is 1. The van der Waals surface area contributed by atoms with Crippen LogP contribution in [0.25, 0.3) is 0 Å². The van der Waals surface area contributed by atoms with Gasteiger partial charge in [0.15, 0.2) is 0 Å². The summed E-state index contributed by atoms with van der Waals surface area (Å²) in [7, 11) is -3.87. The lowest BCUT2D eigenvalue weighted by atomic mass is 10.2. The van der Waals surface area contributed by atoms with Gasteiger partial charge in [-0.15, -0.1) is 0 Å². The molecule has 1 heterocycles. The van der Waals surface area contributed by atoms with Crippen molar-refractivity contribution in [3.8, 4) is 0 Å². The Morgan fingerprint density at radius 1 is 1.38 bits per heavy atom. The van der Waals surface area contributed by atoms with E-state index in [1.165, 1.54) is 6.92 Å². The van der Waals surface area contributed by atoms with Crippen molar-refractivity contribution in [1.82, 2.24) is 9.55 Å². The van der Waals surface area contributed by atoms with Crippen LogP contribution >= 0.6 is 7.82 Å². The molecule has 0 saturated carbocycles. The molecule has 1 aromatic heterocycles. The van der Waals surface area contributed by atoms with E-state index in [2.05, 4.69) is 9.26 Å². The topological polar surface area (TPSA) is 198 Å². The molecule has 3 atom stereocenters. The minimum Gasteiger partial charge on any atom is -0.464 e. The van der Waals surface area contributed by atoms with E-state index in [9.17, 15) is 24.1 Å². The van der Waals surface area contributed by atoms with E-state index in [-0.39, 0.29) is 0 Å². The van der Waals surface area contributed by atoms with Gasteiger partial charge in [-0.3, -0.25) is 18.9 Å². The lowest BCUT2D eigenvalue weighted by molar-refractivity contribution is -0.126. The van der Waals surface area contributed by atoms with Crippen LogP contribution < -0.4 is 11.2 Å². The maximum Gasteiger partial charge on any atom is 0.469 e. The highest BCUT2D eigenvalue weighted by molar-refractivity contribution is 7.46. The standard InChI is InChI=1S/C12H19N2O11P/c1-6(25-9(8(16)4-15)5-24-26(20,21)22)14-7(11(18)23-2)3-10(17)13-12(14)19/h3,6,8-9,15-16H,4-5H2,1-2H3,(H,13,17,19)(H2,20,21,22)/t6?,8-,9-/m1/s1. The number of aromatic nitrogens is 2. The second-order valence-electron chi connectivity index (χ2n) is 5.00. The van der Waals surface area contributed by atoms with Crippen LogP contribution in [0.3, 0.4) is 0 Å². The quantitative estimate of drug-likeness (QED) is 0.221. The largest absolute Gasteiger partial charge is 0.469 e. The number of nitrogens with zero attached hydrogens (tertiary/aromatic N) is 1. The molecule has 13 nitrogen and oxygen atoms in total. The fourth-order valence-electron chi connectivity index (χ4n) is 1.97. The van der Waals surface area contributed by atoms with Crippen molar-refractivity contribution >= 4 is 13.8 Å². The number of aromatic amines is 1. The monoisotopic (exact) mass is 398 g/mol. The van der Waals surface area contributed by atoms with Crippen molar-refractivity contribution in [3.63, 3.8) is 0 Å². The van der Waals surface area contributed by atoms with E-state index >= 15 is 0 Å². The highest BCUT2D eigenvalue weighted by atomic mass is 31.2. The van der Waals surface area contributed by atoms with Crippen LogP contribution in [0, 0.1) is 0 Å². The van der Waals surface area contributed by atoms with Gasteiger partial charge in [0, 0.05) is 6.07 Å². The first-order valence-electron chi connectivity index (χ1n) is 7.08. The number of aliphatic hydroxyl groups is 2. The van der Waals surface area contributed by atoms with E-state index in [0.29, 0.717) is 4.57 Å². The van der Waals surface area contributed by atoms with Gasteiger partial charge in [0.2, 0.25) is 0 Å². The third-order valence-electron chi connectivity index (χ3n) is 3.13. The first kappa shape index (κ1) is 22.2. The summed E-state index contributed by atoms with van der Waals surface area (Å²) < 4.78 is 25.5. The van der Waals surface area contributed by atoms with Crippen LogP contribution in [0.4, 0.5) is 0 Å². The summed E-state index contributed by atoms with van der Waals surface area (Å²) >= 11 is 0. The minimum absolute atomic E-state index is 0.457. The van der Waals surface area contributed by atoms with Crippen LogP contribution in [-0.4, -0.2) is 68.1 Å². The van der Waals surface area contributed by atoms with Crippen molar-refractivity contribution in [2.45, 2.75) is 25.4 Å². The van der Waals surface area contributed by atoms with E-state index < -0.39 is 62.4 Å². The molecular weight excluding hydrogens is 379 g/mol. The molecule has 1 unspecified atom stereocenters. The Hall–Kier alpha value is -1.86. The number of carbonyl (C=O) groups excluding carboxylic acids is 1. The molecular formula is C12H19N2O11P. The smallest absolute Gasteiger partial charge is 0.464 e. The molecule has 1 rings (SSSR count). The molecule has 148 valence electrons. The number of methoxy groups -OCH3 is 1. The maximum absolute atomic E-state index is 12.0. The third kappa shape index (κ3) is 6.14. The molecule has 0 aliphatic carbocycles. The summed E-state index contributed by atoms with van der Waals surface area (Å²) in [5.41, 5.74) is -2.35. The van der Waals surface area contributed by atoms with Crippen LogP contribution in [0.15, 0.2) is 15.7 Å².